The Kier molecular flexibility index (Phi) is 6.26. The summed E-state index contributed by atoms with van der Waals surface area (Å²) in [6.07, 6.45) is 0. The van der Waals surface area contributed by atoms with Crippen molar-refractivity contribution in [3.63, 3.8) is 0 Å². The van der Waals surface area contributed by atoms with E-state index in [0.717, 1.165) is 30.8 Å². The van der Waals surface area contributed by atoms with Crippen LogP contribution in [0.5, 0.6) is 0 Å². The predicted molar refractivity (Wildman–Crippen MR) is 103 cm³/mol. The van der Waals surface area contributed by atoms with Crippen LogP contribution in [-0.2, 0) is 27.1 Å². The lowest BCUT2D eigenvalue weighted by atomic mass is 10.1. The van der Waals surface area contributed by atoms with E-state index in [-0.39, 0.29) is 11.7 Å². The maximum absolute atomic E-state index is 12.6. The number of hydrogen-bond acceptors (Lipinski definition) is 4. The number of quaternary nitrogens is 1. The molecule has 1 aliphatic heterocycles. The topological polar surface area (TPSA) is 68.1 Å². The van der Waals surface area contributed by atoms with E-state index in [0.29, 0.717) is 18.7 Å². The van der Waals surface area contributed by atoms with E-state index in [1.165, 1.54) is 12.0 Å². The molecule has 0 saturated carbocycles. The molecule has 0 amide bonds. The molecule has 1 N–H and O–H groups in total. The van der Waals surface area contributed by atoms with Crippen LogP contribution in [0.2, 0.25) is 0 Å². The van der Waals surface area contributed by atoms with Crippen molar-refractivity contribution in [1.82, 2.24) is 4.31 Å². The number of nitrogens with zero attached hydrogens (tertiary/aromatic N) is 1. The molecule has 7 heteroatoms. The average molecular weight is 389 g/mol. The van der Waals surface area contributed by atoms with Crippen LogP contribution >= 0.6 is 0 Å². The smallest absolute Gasteiger partial charge is 0.337 e. The van der Waals surface area contributed by atoms with Crippen LogP contribution in [0.1, 0.15) is 21.5 Å². The number of piperazine rings is 1. The second-order valence-corrected chi connectivity index (χ2v) is 8.73. The van der Waals surface area contributed by atoms with Crippen LogP contribution in [0.25, 0.3) is 0 Å². The number of benzene rings is 2. The Morgan fingerprint density at radius 3 is 2.37 bits per heavy atom. The fourth-order valence-corrected chi connectivity index (χ4v) is 4.88. The number of hydrogen-bond donors (Lipinski definition) is 1. The zero-order valence-corrected chi connectivity index (χ0v) is 16.2. The van der Waals surface area contributed by atoms with Gasteiger partial charge in [-0.1, -0.05) is 42.5 Å². The molecule has 27 heavy (non-hydrogen) atoms. The van der Waals surface area contributed by atoms with Gasteiger partial charge in [0.1, 0.15) is 6.54 Å². The number of ether oxygens (including phenoxy) is 1. The Labute approximate surface area is 160 Å². The molecule has 1 fully saturated rings. The van der Waals surface area contributed by atoms with E-state index in [1.54, 1.807) is 10.4 Å². The highest BCUT2D eigenvalue weighted by atomic mass is 32.2. The van der Waals surface area contributed by atoms with Crippen molar-refractivity contribution in [2.45, 2.75) is 12.3 Å². The summed E-state index contributed by atoms with van der Waals surface area (Å²) in [4.78, 5) is 13.0. The summed E-state index contributed by atoms with van der Waals surface area (Å²) in [7, 11) is -1.92. The lowest BCUT2D eigenvalue weighted by Crippen LogP contribution is -3.13. The van der Waals surface area contributed by atoms with Crippen LogP contribution in [0.4, 0.5) is 0 Å². The van der Waals surface area contributed by atoms with Gasteiger partial charge in [0, 0.05) is 5.56 Å². The minimum atomic E-state index is -3.30. The Morgan fingerprint density at radius 1 is 1.04 bits per heavy atom. The van der Waals surface area contributed by atoms with Crippen molar-refractivity contribution in [1.29, 1.82) is 0 Å². The molecule has 1 saturated heterocycles. The number of methoxy groups -OCH3 is 1. The van der Waals surface area contributed by atoms with Crippen molar-refractivity contribution < 1.29 is 22.8 Å². The van der Waals surface area contributed by atoms with E-state index in [1.807, 2.05) is 48.5 Å². The number of nitrogens with one attached hydrogen (secondary N) is 1. The van der Waals surface area contributed by atoms with Gasteiger partial charge < -0.3 is 9.64 Å². The molecule has 2 aromatic rings. The van der Waals surface area contributed by atoms with E-state index in [9.17, 15) is 13.2 Å². The Bertz CT molecular complexity index is 876. The van der Waals surface area contributed by atoms with Crippen LogP contribution in [0.3, 0.4) is 0 Å². The number of carbonyl (C=O) groups is 1. The van der Waals surface area contributed by atoms with Crippen molar-refractivity contribution >= 4 is 16.0 Å². The maximum atomic E-state index is 12.6. The van der Waals surface area contributed by atoms with Gasteiger partial charge in [0.2, 0.25) is 10.0 Å². The summed E-state index contributed by atoms with van der Waals surface area (Å²) in [6, 6.07) is 16.7. The predicted octanol–water partition coefficient (Wildman–Crippen LogP) is 0.704. The quantitative estimate of drug-likeness (QED) is 0.739. The highest BCUT2D eigenvalue weighted by molar-refractivity contribution is 7.88. The number of esters is 1. The largest absolute Gasteiger partial charge is 0.465 e. The molecule has 6 nitrogen and oxygen atoms in total. The number of sulfonamides is 1. The minimum absolute atomic E-state index is 0.0460. The van der Waals surface area contributed by atoms with E-state index in [2.05, 4.69) is 0 Å². The maximum Gasteiger partial charge on any atom is 0.337 e. The van der Waals surface area contributed by atoms with Crippen LogP contribution < -0.4 is 4.90 Å². The summed E-state index contributed by atoms with van der Waals surface area (Å²) in [5.41, 5.74) is 2.40. The third-order valence-electron chi connectivity index (χ3n) is 4.82. The Hall–Kier alpha value is -2.22. The molecule has 1 aliphatic rings. The fraction of sp³-hybridized carbons (Fsp3) is 0.350. The van der Waals surface area contributed by atoms with Gasteiger partial charge in [0.15, 0.2) is 0 Å². The molecule has 0 aliphatic carbocycles. The summed E-state index contributed by atoms with van der Waals surface area (Å²) in [5, 5.41) is 0. The standard InChI is InChI=1S/C20H24N2O4S/c1-26-20(23)19-9-5-8-18(14-19)15-21-10-12-22(13-11-21)27(24,25)16-17-6-3-2-4-7-17/h2-9,14H,10-13,15-16H2,1H3/p+1. The minimum Gasteiger partial charge on any atom is -0.465 e. The zero-order chi connectivity index (χ0) is 19.3. The van der Waals surface area contributed by atoms with Crippen molar-refractivity contribution in [2.75, 3.05) is 33.3 Å². The molecule has 2 aromatic carbocycles. The summed E-state index contributed by atoms with van der Waals surface area (Å²) in [5.74, 6) is -0.298. The fourth-order valence-electron chi connectivity index (χ4n) is 3.35. The summed E-state index contributed by atoms with van der Waals surface area (Å²) < 4.78 is 31.6. The first kappa shape index (κ1) is 19.5. The zero-order valence-electron chi connectivity index (χ0n) is 15.4. The molecular formula is C20H25N2O4S+. The first-order valence-electron chi connectivity index (χ1n) is 9.00. The lowest BCUT2D eigenvalue weighted by molar-refractivity contribution is -0.917. The van der Waals surface area contributed by atoms with Gasteiger partial charge in [-0.2, -0.15) is 4.31 Å². The molecule has 3 rings (SSSR count). The molecule has 0 bridgehead atoms. The molecule has 144 valence electrons. The Balaban J connectivity index is 1.57. The number of rotatable bonds is 6. The molecule has 0 unspecified atom stereocenters. The van der Waals surface area contributed by atoms with Crippen LogP contribution in [-0.4, -0.2) is 52.0 Å². The van der Waals surface area contributed by atoms with Crippen molar-refractivity contribution in [2.24, 2.45) is 0 Å². The number of carbonyl (C=O) groups excluding carboxylic acids is 1. The third kappa shape index (κ3) is 5.15. The van der Waals surface area contributed by atoms with Crippen LogP contribution in [0, 0.1) is 0 Å². The normalized spacial score (nSPS) is 16.2. The van der Waals surface area contributed by atoms with Crippen molar-refractivity contribution in [3.8, 4) is 0 Å². The molecule has 1 heterocycles. The molecule has 0 spiro atoms. The molecule has 0 radical (unpaired) electrons. The second-order valence-electron chi connectivity index (χ2n) is 6.76. The van der Waals surface area contributed by atoms with Gasteiger partial charge in [0.05, 0.1) is 44.6 Å². The molecule has 0 aromatic heterocycles. The van der Waals surface area contributed by atoms with E-state index >= 15 is 0 Å². The average Bonchev–Trinajstić information content (AvgIpc) is 2.68. The van der Waals surface area contributed by atoms with Crippen molar-refractivity contribution in [3.05, 3.63) is 71.3 Å². The van der Waals surface area contributed by atoms with E-state index in [4.69, 9.17) is 4.74 Å². The summed E-state index contributed by atoms with van der Waals surface area (Å²) in [6.45, 7) is 3.28. The van der Waals surface area contributed by atoms with Gasteiger partial charge in [-0.25, -0.2) is 13.2 Å². The van der Waals surface area contributed by atoms with Gasteiger partial charge in [-0.05, 0) is 17.7 Å². The van der Waals surface area contributed by atoms with Crippen LogP contribution in [0.15, 0.2) is 54.6 Å². The van der Waals surface area contributed by atoms with E-state index < -0.39 is 10.0 Å². The highest BCUT2D eigenvalue weighted by Gasteiger charge is 2.29. The highest BCUT2D eigenvalue weighted by Crippen LogP contribution is 2.11. The Morgan fingerprint density at radius 2 is 1.70 bits per heavy atom. The van der Waals surface area contributed by atoms with Gasteiger partial charge in [-0.15, -0.1) is 0 Å². The molecule has 0 atom stereocenters. The summed E-state index contributed by atoms with van der Waals surface area (Å²) >= 11 is 0. The lowest BCUT2D eigenvalue weighted by Gasteiger charge is -2.31. The SMILES string of the molecule is COC(=O)c1cccc(C[NH+]2CCN(S(=O)(=O)Cc3ccccc3)CC2)c1. The third-order valence-corrected chi connectivity index (χ3v) is 6.67. The van der Waals surface area contributed by atoms with Gasteiger partial charge in [-0.3, -0.25) is 0 Å². The first-order valence-corrected chi connectivity index (χ1v) is 10.6. The second kappa shape index (κ2) is 8.65. The molecular weight excluding hydrogens is 364 g/mol. The van der Waals surface area contributed by atoms with Gasteiger partial charge >= 0.3 is 5.97 Å². The monoisotopic (exact) mass is 389 g/mol. The first-order chi connectivity index (χ1) is 13.0. The van der Waals surface area contributed by atoms with Gasteiger partial charge in [0.25, 0.3) is 0 Å².